The molecule has 2 nitrogen and oxygen atoms in total. The van der Waals surface area contributed by atoms with Gasteiger partial charge in [-0.3, -0.25) is 0 Å². The van der Waals surface area contributed by atoms with Gasteiger partial charge < -0.3 is 4.74 Å². The average Bonchev–Trinajstić information content (AvgIpc) is 2.14. The first kappa shape index (κ1) is 9.27. The lowest BCUT2D eigenvalue weighted by molar-refractivity contribution is -0.133. The highest BCUT2D eigenvalue weighted by molar-refractivity contribution is 5.88. The molecule has 0 aromatic heterocycles. The normalized spacial score (nSPS) is 8.46. The van der Waals surface area contributed by atoms with Crippen molar-refractivity contribution in [2.45, 2.75) is 0 Å². The first-order valence-corrected chi connectivity index (χ1v) is 3.58. The number of carbonyl (C=O) groups is 1. The van der Waals surface area contributed by atoms with Crippen molar-refractivity contribution in [2.75, 3.05) is 7.11 Å². The Hall–Kier alpha value is -1.82. The fourth-order valence-electron chi connectivity index (χ4n) is 0.740. The molecule has 13 heavy (non-hydrogen) atoms. The molecule has 1 rings (SSSR count). The van der Waals surface area contributed by atoms with E-state index in [1.165, 1.54) is 25.3 Å². The zero-order chi connectivity index (χ0) is 9.68. The first-order valence-electron chi connectivity index (χ1n) is 3.58. The minimum atomic E-state index is -0.635. The van der Waals surface area contributed by atoms with E-state index >= 15 is 0 Å². The van der Waals surface area contributed by atoms with Gasteiger partial charge in [0.2, 0.25) is 0 Å². The summed E-state index contributed by atoms with van der Waals surface area (Å²) < 4.78 is 16.9. The summed E-state index contributed by atoms with van der Waals surface area (Å²) in [6.07, 6.45) is 0. The molecule has 0 saturated heterocycles. The molecule has 0 fully saturated rings. The second-order valence-electron chi connectivity index (χ2n) is 2.25. The van der Waals surface area contributed by atoms with Crippen LogP contribution in [0.3, 0.4) is 0 Å². The lowest BCUT2D eigenvalue weighted by Gasteiger charge is -1.89. The molecule has 0 atom stereocenters. The number of hydrogen-bond acceptors (Lipinski definition) is 2. The SMILES string of the molecule is COC(=O)C#Cc1cccc(F)c1. The number of methoxy groups -OCH3 is 1. The van der Waals surface area contributed by atoms with Crippen LogP contribution in [0.15, 0.2) is 24.3 Å². The van der Waals surface area contributed by atoms with E-state index in [1.54, 1.807) is 6.07 Å². The molecule has 0 saturated carbocycles. The lowest BCUT2D eigenvalue weighted by atomic mass is 10.2. The number of benzene rings is 1. The maximum absolute atomic E-state index is 12.6. The Labute approximate surface area is 75.3 Å². The summed E-state index contributed by atoms with van der Waals surface area (Å²) in [7, 11) is 1.24. The predicted octanol–water partition coefficient (Wildman–Crippen LogP) is 1.35. The minimum absolute atomic E-state index is 0.378. The fraction of sp³-hybridized carbons (Fsp3) is 0.100. The standard InChI is InChI=1S/C10H7FO2/c1-13-10(12)6-5-8-3-2-4-9(11)7-8/h2-4,7H,1H3. The summed E-state index contributed by atoms with van der Waals surface area (Å²) in [4.78, 5) is 10.6. The molecule has 0 spiro atoms. The van der Waals surface area contributed by atoms with E-state index in [0.29, 0.717) is 5.56 Å². The van der Waals surface area contributed by atoms with Crippen LogP contribution in [0.5, 0.6) is 0 Å². The molecule has 0 radical (unpaired) electrons. The number of halogens is 1. The Balaban J connectivity index is 2.83. The largest absolute Gasteiger partial charge is 0.459 e. The van der Waals surface area contributed by atoms with Gasteiger partial charge in [0.15, 0.2) is 0 Å². The van der Waals surface area contributed by atoms with Crippen LogP contribution >= 0.6 is 0 Å². The Kier molecular flexibility index (Phi) is 3.04. The van der Waals surface area contributed by atoms with Gasteiger partial charge in [-0.25, -0.2) is 9.18 Å². The van der Waals surface area contributed by atoms with Crippen LogP contribution in [0.25, 0.3) is 0 Å². The quantitative estimate of drug-likeness (QED) is 0.442. The van der Waals surface area contributed by atoms with Gasteiger partial charge in [-0.05, 0) is 18.2 Å². The Morgan fingerprint density at radius 1 is 1.54 bits per heavy atom. The van der Waals surface area contributed by atoms with E-state index in [1.807, 2.05) is 0 Å². The van der Waals surface area contributed by atoms with Gasteiger partial charge in [-0.1, -0.05) is 12.0 Å². The lowest BCUT2D eigenvalue weighted by Crippen LogP contribution is -1.94. The molecule has 66 valence electrons. The van der Waals surface area contributed by atoms with Gasteiger partial charge in [0, 0.05) is 11.5 Å². The third kappa shape index (κ3) is 2.96. The number of ether oxygens (including phenoxy) is 1. The highest BCUT2D eigenvalue weighted by Crippen LogP contribution is 2.00. The van der Waals surface area contributed by atoms with Crippen molar-refractivity contribution in [2.24, 2.45) is 0 Å². The van der Waals surface area contributed by atoms with Crippen molar-refractivity contribution in [1.29, 1.82) is 0 Å². The highest BCUT2D eigenvalue weighted by atomic mass is 19.1. The zero-order valence-corrected chi connectivity index (χ0v) is 7.00. The molecule has 0 N–H and O–H groups in total. The number of carbonyl (C=O) groups excluding carboxylic acids is 1. The third-order valence-corrected chi connectivity index (χ3v) is 1.32. The molecule has 0 amide bonds. The van der Waals surface area contributed by atoms with Crippen LogP contribution < -0.4 is 0 Å². The summed E-state index contributed by atoms with van der Waals surface area (Å²) in [6.45, 7) is 0. The van der Waals surface area contributed by atoms with Crippen molar-refractivity contribution >= 4 is 5.97 Å². The molecule has 0 aliphatic rings. The number of hydrogen-bond donors (Lipinski definition) is 0. The molecule has 0 unspecified atom stereocenters. The van der Waals surface area contributed by atoms with E-state index in [9.17, 15) is 9.18 Å². The van der Waals surface area contributed by atoms with Gasteiger partial charge in [0.1, 0.15) is 5.82 Å². The van der Waals surface area contributed by atoms with Crippen molar-refractivity contribution in [3.63, 3.8) is 0 Å². The van der Waals surface area contributed by atoms with E-state index in [-0.39, 0.29) is 5.82 Å². The van der Waals surface area contributed by atoms with Crippen LogP contribution in [0, 0.1) is 17.7 Å². The monoisotopic (exact) mass is 178 g/mol. The van der Waals surface area contributed by atoms with Crippen molar-refractivity contribution in [3.8, 4) is 11.8 Å². The van der Waals surface area contributed by atoms with Gasteiger partial charge >= 0.3 is 5.97 Å². The summed E-state index contributed by atoms with van der Waals surface area (Å²) in [5, 5.41) is 0. The van der Waals surface area contributed by atoms with Crippen LogP contribution in [-0.4, -0.2) is 13.1 Å². The maximum Gasteiger partial charge on any atom is 0.384 e. The van der Waals surface area contributed by atoms with E-state index in [4.69, 9.17) is 0 Å². The molecule has 1 aromatic rings. The molecule has 3 heteroatoms. The third-order valence-electron chi connectivity index (χ3n) is 1.32. The number of rotatable bonds is 0. The van der Waals surface area contributed by atoms with E-state index < -0.39 is 5.97 Å². The molecule has 0 aliphatic carbocycles. The summed E-state index contributed by atoms with van der Waals surface area (Å²) in [6, 6.07) is 5.69. The Morgan fingerprint density at radius 2 is 2.31 bits per heavy atom. The molecular weight excluding hydrogens is 171 g/mol. The van der Waals surface area contributed by atoms with Crippen LogP contribution in [-0.2, 0) is 9.53 Å². The molecule has 1 aromatic carbocycles. The first-order chi connectivity index (χ1) is 6.22. The molecule has 0 heterocycles. The Bertz CT molecular complexity index is 374. The minimum Gasteiger partial charge on any atom is -0.459 e. The van der Waals surface area contributed by atoms with Crippen molar-refractivity contribution in [1.82, 2.24) is 0 Å². The van der Waals surface area contributed by atoms with Gasteiger partial charge in [-0.15, -0.1) is 0 Å². The van der Waals surface area contributed by atoms with Crippen LogP contribution in [0.1, 0.15) is 5.56 Å². The summed E-state index contributed by atoms with van der Waals surface area (Å²) in [5.41, 5.74) is 0.449. The zero-order valence-electron chi connectivity index (χ0n) is 7.00. The van der Waals surface area contributed by atoms with Gasteiger partial charge in [0.25, 0.3) is 0 Å². The topological polar surface area (TPSA) is 26.3 Å². The van der Waals surface area contributed by atoms with Crippen LogP contribution in [0.2, 0.25) is 0 Å². The number of esters is 1. The van der Waals surface area contributed by atoms with Crippen molar-refractivity contribution < 1.29 is 13.9 Å². The molecular formula is C10H7FO2. The second kappa shape index (κ2) is 4.27. The predicted molar refractivity (Wildman–Crippen MR) is 45.3 cm³/mol. The van der Waals surface area contributed by atoms with Crippen molar-refractivity contribution in [3.05, 3.63) is 35.6 Å². The van der Waals surface area contributed by atoms with E-state index in [2.05, 4.69) is 16.6 Å². The molecule has 0 aliphatic heterocycles. The summed E-state index contributed by atoms with van der Waals surface area (Å²) >= 11 is 0. The smallest absolute Gasteiger partial charge is 0.384 e. The van der Waals surface area contributed by atoms with Crippen LogP contribution in [0.4, 0.5) is 4.39 Å². The maximum atomic E-state index is 12.6. The van der Waals surface area contributed by atoms with Gasteiger partial charge in [0.05, 0.1) is 7.11 Å². The second-order valence-corrected chi connectivity index (χ2v) is 2.25. The molecule has 0 bridgehead atoms. The Morgan fingerprint density at radius 3 is 2.92 bits per heavy atom. The van der Waals surface area contributed by atoms with Gasteiger partial charge in [-0.2, -0.15) is 0 Å². The highest BCUT2D eigenvalue weighted by Gasteiger charge is 1.92. The van der Waals surface area contributed by atoms with E-state index in [0.717, 1.165) is 0 Å². The average molecular weight is 178 g/mol. The summed E-state index contributed by atoms with van der Waals surface area (Å²) in [5.74, 6) is 3.66. The fourth-order valence-corrected chi connectivity index (χ4v) is 0.740.